The Morgan fingerprint density at radius 2 is 2.05 bits per heavy atom. The number of nitrogens with zero attached hydrogens (tertiary/aromatic N) is 1. The molecule has 19 heavy (non-hydrogen) atoms. The molecule has 0 aliphatic carbocycles. The summed E-state index contributed by atoms with van der Waals surface area (Å²) in [5.74, 6) is 0. The second kappa shape index (κ2) is 7.57. The monoisotopic (exact) mass is 306 g/mol. The largest absolute Gasteiger partial charge is 0.356 e. The van der Waals surface area contributed by atoms with Crippen molar-refractivity contribution in [1.82, 2.24) is 4.90 Å². The quantitative estimate of drug-likeness (QED) is 0.750. The summed E-state index contributed by atoms with van der Waals surface area (Å²) in [6.45, 7) is 3.46. The van der Waals surface area contributed by atoms with Gasteiger partial charge in [0.05, 0.1) is 4.34 Å². The van der Waals surface area contributed by atoms with Crippen LogP contribution in [0.25, 0.3) is 0 Å². The molecule has 110 valence electrons. The summed E-state index contributed by atoms with van der Waals surface area (Å²) in [5, 5.41) is 0. The van der Waals surface area contributed by atoms with Gasteiger partial charge in [0.2, 0.25) is 0 Å². The molecular formula is C13H23ClN2O2S. The van der Waals surface area contributed by atoms with Crippen molar-refractivity contribution in [1.29, 1.82) is 0 Å². The van der Waals surface area contributed by atoms with Crippen molar-refractivity contribution in [2.24, 2.45) is 5.73 Å². The number of methoxy groups -OCH3 is 2. The minimum absolute atomic E-state index is 0.187. The third kappa shape index (κ3) is 4.70. The second-order valence-corrected chi connectivity index (χ2v) is 6.67. The average Bonchev–Trinajstić information content (AvgIpc) is 2.81. The van der Waals surface area contributed by atoms with E-state index in [1.807, 2.05) is 12.1 Å². The van der Waals surface area contributed by atoms with Gasteiger partial charge in [0.1, 0.15) is 0 Å². The standard InChI is InChI=1S/C13H23ClN2O2S/c1-13(9-15,7-12(17-3)18-4)16(2)8-10-5-6-11(14)19-10/h5-6,12H,7-9,15H2,1-4H3. The Hall–Kier alpha value is -0.170. The predicted octanol–water partition coefficient (Wildman–Crippen LogP) is 2.56. The molecule has 0 bridgehead atoms. The van der Waals surface area contributed by atoms with Gasteiger partial charge in [-0.3, -0.25) is 4.90 Å². The normalized spacial score (nSPS) is 15.2. The number of hydrogen-bond acceptors (Lipinski definition) is 5. The Morgan fingerprint density at radius 3 is 2.47 bits per heavy atom. The molecule has 4 nitrogen and oxygen atoms in total. The van der Waals surface area contributed by atoms with E-state index < -0.39 is 0 Å². The molecule has 0 saturated carbocycles. The van der Waals surface area contributed by atoms with Crippen molar-refractivity contribution in [2.75, 3.05) is 27.8 Å². The summed E-state index contributed by atoms with van der Waals surface area (Å²) < 4.78 is 11.4. The van der Waals surface area contributed by atoms with Crippen LogP contribution in [-0.2, 0) is 16.0 Å². The first-order valence-corrected chi connectivity index (χ1v) is 7.35. The van der Waals surface area contributed by atoms with Gasteiger partial charge in [-0.1, -0.05) is 11.6 Å². The first-order valence-electron chi connectivity index (χ1n) is 6.16. The van der Waals surface area contributed by atoms with E-state index in [9.17, 15) is 0 Å². The van der Waals surface area contributed by atoms with E-state index in [2.05, 4.69) is 18.9 Å². The number of ether oxygens (including phenoxy) is 2. The Kier molecular flexibility index (Phi) is 6.73. The van der Waals surface area contributed by atoms with Crippen molar-refractivity contribution < 1.29 is 9.47 Å². The molecule has 0 saturated heterocycles. The topological polar surface area (TPSA) is 47.7 Å². The third-order valence-corrected chi connectivity index (χ3v) is 4.73. The fourth-order valence-corrected chi connectivity index (χ4v) is 3.02. The van der Waals surface area contributed by atoms with Crippen LogP contribution in [0.4, 0.5) is 0 Å². The first kappa shape index (κ1) is 16.9. The SMILES string of the molecule is COC(CC(C)(CN)N(C)Cc1ccc(Cl)s1)OC. The molecule has 1 aromatic heterocycles. The number of thiophene rings is 1. The van der Waals surface area contributed by atoms with Crippen molar-refractivity contribution >= 4 is 22.9 Å². The summed E-state index contributed by atoms with van der Waals surface area (Å²) in [5.41, 5.74) is 5.76. The lowest BCUT2D eigenvalue weighted by molar-refractivity contribution is -0.127. The number of halogens is 1. The van der Waals surface area contributed by atoms with Crippen LogP contribution in [0.2, 0.25) is 4.34 Å². The van der Waals surface area contributed by atoms with Crippen LogP contribution < -0.4 is 5.73 Å². The van der Waals surface area contributed by atoms with Crippen LogP contribution in [-0.4, -0.2) is 44.5 Å². The summed E-state index contributed by atoms with van der Waals surface area (Å²) in [6.07, 6.45) is 0.467. The highest BCUT2D eigenvalue weighted by Gasteiger charge is 2.31. The summed E-state index contributed by atoms with van der Waals surface area (Å²) >= 11 is 7.55. The fraction of sp³-hybridized carbons (Fsp3) is 0.692. The number of nitrogens with two attached hydrogens (primary N) is 1. The lowest BCUT2D eigenvalue weighted by atomic mass is 9.95. The van der Waals surface area contributed by atoms with E-state index >= 15 is 0 Å². The van der Waals surface area contributed by atoms with Crippen molar-refractivity contribution in [2.45, 2.75) is 31.7 Å². The van der Waals surface area contributed by atoms with Crippen LogP contribution in [0, 0.1) is 0 Å². The van der Waals surface area contributed by atoms with Gasteiger partial charge < -0.3 is 15.2 Å². The lowest BCUT2D eigenvalue weighted by Crippen LogP contribution is -2.51. The minimum Gasteiger partial charge on any atom is -0.356 e. The molecular weight excluding hydrogens is 284 g/mol. The highest BCUT2D eigenvalue weighted by Crippen LogP contribution is 2.27. The average molecular weight is 307 g/mol. The van der Waals surface area contributed by atoms with Gasteiger partial charge in [-0.05, 0) is 26.1 Å². The molecule has 0 aromatic carbocycles. The van der Waals surface area contributed by atoms with Gasteiger partial charge in [-0.15, -0.1) is 11.3 Å². The zero-order valence-corrected chi connectivity index (χ0v) is 13.6. The Labute approximate surface area is 124 Å². The first-order chi connectivity index (χ1) is 8.95. The molecule has 1 rings (SSSR count). The van der Waals surface area contributed by atoms with Gasteiger partial charge in [0.15, 0.2) is 6.29 Å². The Bertz CT molecular complexity index is 384. The van der Waals surface area contributed by atoms with Crippen molar-refractivity contribution in [3.63, 3.8) is 0 Å². The zero-order chi connectivity index (χ0) is 14.5. The number of likely N-dealkylation sites (N-methyl/N-ethyl adjacent to an activating group) is 1. The maximum Gasteiger partial charge on any atom is 0.158 e. The van der Waals surface area contributed by atoms with E-state index in [0.717, 1.165) is 10.9 Å². The highest BCUT2D eigenvalue weighted by atomic mass is 35.5. The second-order valence-electron chi connectivity index (χ2n) is 4.87. The molecule has 0 radical (unpaired) electrons. The van der Waals surface area contributed by atoms with E-state index in [1.165, 1.54) is 4.88 Å². The van der Waals surface area contributed by atoms with Crippen molar-refractivity contribution in [3.8, 4) is 0 Å². The summed E-state index contributed by atoms with van der Waals surface area (Å²) in [4.78, 5) is 3.44. The summed E-state index contributed by atoms with van der Waals surface area (Å²) in [6, 6.07) is 3.97. The molecule has 2 N–H and O–H groups in total. The number of rotatable bonds is 8. The third-order valence-electron chi connectivity index (χ3n) is 3.52. The predicted molar refractivity (Wildman–Crippen MR) is 80.7 cm³/mol. The molecule has 0 aliphatic rings. The Balaban J connectivity index is 2.70. The smallest absolute Gasteiger partial charge is 0.158 e. The molecule has 1 unspecified atom stereocenters. The van der Waals surface area contributed by atoms with Gasteiger partial charge in [0, 0.05) is 44.1 Å². The van der Waals surface area contributed by atoms with Crippen LogP contribution in [0.15, 0.2) is 12.1 Å². The zero-order valence-electron chi connectivity index (χ0n) is 12.0. The molecule has 0 amide bonds. The van der Waals surface area contributed by atoms with Gasteiger partial charge in [0.25, 0.3) is 0 Å². The Morgan fingerprint density at radius 1 is 1.42 bits per heavy atom. The fourth-order valence-electron chi connectivity index (χ4n) is 1.88. The number of hydrogen-bond donors (Lipinski definition) is 1. The van der Waals surface area contributed by atoms with Crippen molar-refractivity contribution in [3.05, 3.63) is 21.3 Å². The van der Waals surface area contributed by atoms with Crippen LogP contribution in [0.5, 0.6) is 0 Å². The highest BCUT2D eigenvalue weighted by molar-refractivity contribution is 7.16. The van der Waals surface area contributed by atoms with E-state index in [0.29, 0.717) is 13.0 Å². The minimum atomic E-state index is -0.247. The van der Waals surface area contributed by atoms with E-state index in [1.54, 1.807) is 25.6 Å². The maximum atomic E-state index is 5.96. The van der Waals surface area contributed by atoms with E-state index in [4.69, 9.17) is 26.8 Å². The molecule has 6 heteroatoms. The van der Waals surface area contributed by atoms with Crippen LogP contribution >= 0.6 is 22.9 Å². The van der Waals surface area contributed by atoms with Crippen LogP contribution in [0.1, 0.15) is 18.2 Å². The molecule has 0 spiro atoms. The van der Waals surface area contributed by atoms with Gasteiger partial charge in [-0.25, -0.2) is 0 Å². The van der Waals surface area contributed by atoms with E-state index in [-0.39, 0.29) is 11.8 Å². The lowest BCUT2D eigenvalue weighted by Gasteiger charge is -2.39. The molecule has 0 fully saturated rings. The molecule has 1 aromatic rings. The molecule has 1 heterocycles. The van der Waals surface area contributed by atoms with Gasteiger partial charge in [-0.2, -0.15) is 0 Å². The maximum absolute atomic E-state index is 5.96. The van der Waals surface area contributed by atoms with Crippen LogP contribution in [0.3, 0.4) is 0 Å². The summed E-state index contributed by atoms with van der Waals surface area (Å²) in [7, 11) is 5.34. The van der Waals surface area contributed by atoms with Gasteiger partial charge >= 0.3 is 0 Å². The molecule has 1 atom stereocenters. The molecule has 0 aliphatic heterocycles.